The van der Waals surface area contributed by atoms with Gasteiger partial charge in [-0.1, -0.05) is 63.2 Å². The molecule has 3 aromatic carbocycles. The minimum absolute atomic E-state index is 0.0194. The van der Waals surface area contributed by atoms with Crippen molar-refractivity contribution >= 4 is 34.1 Å². The molecule has 2 aliphatic heterocycles. The van der Waals surface area contributed by atoms with E-state index in [1.165, 1.54) is 6.92 Å². The Morgan fingerprint density at radius 2 is 1.78 bits per heavy atom. The lowest BCUT2D eigenvalue weighted by Gasteiger charge is -2.30. The van der Waals surface area contributed by atoms with Gasteiger partial charge in [0, 0.05) is 24.6 Å². The summed E-state index contributed by atoms with van der Waals surface area (Å²) in [5, 5.41) is 14.1. The number of rotatable bonds is 5. The van der Waals surface area contributed by atoms with E-state index in [0.29, 0.717) is 26.1 Å². The highest BCUT2D eigenvalue weighted by Gasteiger charge is 2.34. The van der Waals surface area contributed by atoms with Crippen LogP contribution in [0.25, 0.3) is 10.8 Å². The fourth-order valence-corrected chi connectivity index (χ4v) is 5.54. The van der Waals surface area contributed by atoms with Crippen LogP contribution in [0.2, 0.25) is 0 Å². The SMILES string of the molecule is CC(=O)[C@H]1CNCC[C@@H]1C(=O)O.COc1ccc2c(c1)C(c1cccc3ccccc13)OCC(=O)N2CC(C)(C)C. The zero-order valence-electron chi connectivity index (χ0n) is 24.5. The number of nitrogens with zero attached hydrogens (tertiary/aromatic N) is 1. The van der Waals surface area contributed by atoms with Crippen LogP contribution in [-0.4, -0.2) is 56.1 Å². The summed E-state index contributed by atoms with van der Waals surface area (Å²) in [6.45, 7) is 9.73. The maximum absolute atomic E-state index is 13.0. The molecular formula is C33H40N2O6. The average molecular weight is 561 g/mol. The number of carbonyl (C=O) groups is 3. The highest BCUT2D eigenvalue weighted by molar-refractivity contribution is 5.96. The summed E-state index contributed by atoms with van der Waals surface area (Å²) >= 11 is 0. The predicted molar refractivity (Wildman–Crippen MR) is 159 cm³/mol. The van der Waals surface area contributed by atoms with Gasteiger partial charge in [-0.3, -0.25) is 14.4 Å². The lowest BCUT2D eigenvalue weighted by Crippen LogP contribution is -2.43. The van der Waals surface area contributed by atoms with E-state index in [4.69, 9.17) is 14.6 Å². The van der Waals surface area contributed by atoms with Crippen molar-refractivity contribution in [3.8, 4) is 5.75 Å². The molecule has 8 nitrogen and oxygen atoms in total. The molecule has 1 fully saturated rings. The molecule has 1 unspecified atom stereocenters. The Kier molecular flexibility index (Phi) is 9.46. The van der Waals surface area contributed by atoms with Gasteiger partial charge >= 0.3 is 5.97 Å². The molecule has 1 amide bonds. The molecule has 1 saturated heterocycles. The number of anilines is 1. The summed E-state index contributed by atoms with van der Waals surface area (Å²) < 4.78 is 11.7. The van der Waals surface area contributed by atoms with Crippen LogP contribution in [0.3, 0.4) is 0 Å². The molecule has 0 aliphatic carbocycles. The van der Waals surface area contributed by atoms with Gasteiger partial charge in [-0.05, 0) is 59.8 Å². The van der Waals surface area contributed by atoms with E-state index < -0.39 is 11.9 Å². The third-order valence-corrected chi connectivity index (χ3v) is 7.54. The number of carboxylic acids is 1. The number of Topliss-reactive ketones (excluding diaryl/α,β-unsaturated/α-hetero) is 1. The zero-order valence-corrected chi connectivity index (χ0v) is 24.5. The Bertz CT molecular complexity index is 1390. The number of hydrogen-bond acceptors (Lipinski definition) is 6. The maximum Gasteiger partial charge on any atom is 0.307 e. The number of aliphatic carboxylic acids is 1. The van der Waals surface area contributed by atoms with Crippen LogP contribution >= 0.6 is 0 Å². The molecular weight excluding hydrogens is 520 g/mol. The third kappa shape index (κ3) is 7.13. The number of piperidine rings is 1. The van der Waals surface area contributed by atoms with Crippen LogP contribution in [0.15, 0.2) is 60.7 Å². The van der Waals surface area contributed by atoms with Crippen molar-refractivity contribution in [3.63, 3.8) is 0 Å². The van der Waals surface area contributed by atoms with Crippen LogP contribution in [0.1, 0.15) is 51.3 Å². The number of carboxylic acid groups (broad SMARTS) is 1. The van der Waals surface area contributed by atoms with Crippen molar-refractivity contribution in [2.45, 2.75) is 40.2 Å². The Morgan fingerprint density at radius 3 is 2.44 bits per heavy atom. The van der Waals surface area contributed by atoms with E-state index in [1.807, 2.05) is 41.3 Å². The number of ether oxygens (including phenoxy) is 2. The van der Waals surface area contributed by atoms with E-state index in [0.717, 1.165) is 33.3 Å². The van der Waals surface area contributed by atoms with Gasteiger partial charge in [0.1, 0.15) is 24.2 Å². The lowest BCUT2D eigenvalue weighted by atomic mass is 9.84. The van der Waals surface area contributed by atoms with Gasteiger partial charge in [-0.25, -0.2) is 0 Å². The molecule has 2 aliphatic rings. The minimum Gasteiger partial charge on any atom is -0.497 e. The van der Waals surface area contributed by atoms with Gasteiger partial charge in [-0.15, -0.1) is 0 Å². The standard InChI is InChI=1S/C25H27NO3.C8H13NO3/c1-25(2,3)16-26-22-13-12-18(28-4)14-21(22)24(29-15-23(26)27)20-11-7-9-17-8-5-6-10-19(17)20;1-5(10)7-4-9-3-2-6(7)8(11)12/h5-14,24H,15-16H2,1-4H3;6-7,9H,2-4H2,1H3,(H,11,12)/t;6-,7+/m.0/s1. The first-order valence-electron chi connectivity index (χ1n) is 14.0. The molecule has 0 radical (unpaired) electrons. The molecule has 0 saturated carbocycles. The van der Waals surface area contributed by atoms with Gasteiger partial charge < -0.3 is 24.8 Å². The number of ketones is 1. The molecule has 218 valence electrons. The molecule has 3 aromatic rings. The van der Waals surface area contributed by atoms with Crippen molar-refractivity contribution < 1.29 is 29.0 Å². The minimum atomic E-state index is -0.850. The monoisotopic (exact) mass is 560 g/mol. The number of hydrogen-bond donors (Lipinski definition) is 2. The molecule has 2 N–H and O–H groups in total. The molecule has 3 atom stereocenters. The second-order valence-corrected chi connectivity index (χ2v) is 11.9. The highest BCUT2D eigenvalue weighted by atomic mass is 16.5. The Morgan fingerprint density at radius 1 is 1.05 bits per heavy atom. The summed E-state index contributed by atoms with van der Waals surface area (Å²) in [6, 6.07) is 20.4. The summed E-state index contributed by atoms with van der Waals surface area (Å²) in [5.74, 6) is -0.969. The quantitative estimate of drug-likeness (QED) is 0.440. The van der Waals surface area contributed by atoms with E-state index in [-0.39, 0.29) is 35.7 Å². The number of fused-ring (bicyclic) bond motifs is 2. The zero-order chi connectivity index (χ0) is 29.7. The van der Waals surface area contributed by atoms with E-state index in [9.17, 15) is 14.4 Å². The Hall–Kier alpha value is -3.75. The second-order valence-electron chi connectivity index (χ2n) is 11.9. The third-order valence-electron chi connectivity index (χ3n) is 7.54. The number of benzene rings is 3. The largest absolute Gasteiger partial charge is 0.497 e. The number of methoxy groups -OCH3 is 1. The molecule has 5 rings (SSSR count). The smallest absolute Gasteiger partial charge is 0.307 e. The van der Waals surface area contributed by atoms with Gasteiger partial charge in [0.2, 0.25) is 0 Å². The molecule has 41 heavy (non-hydrogen) atoms. The number of nitrogens with one attached hydrogen (secondary N) is 1. The normalized spacial score (nSPS) is 20.9. The predicted octanol–water partition coefficient (Wildman–Crippen LogP) is 5.23. The molecule has 8 heteroatoms. The van der Waals surface area contributed by atoms with Gasteiger partial charge in [0.25, 0.3) is 5.91 Å². The second kappa shape index (κ2) is 12.8. The number of carbonyl (C=O) groups excluding carboxylic acids is 2. The van der Waals surface area contributed by atoms with Crippen molar-refractivity contribution in [1.82, 2.24) is 5.32 Å². The molecule has 0 spiro atoms. The van der Waals surface area contributed by atoms with Crippen LogP contribution in [0.5, 0.6) is 5.75 Å². The first kappa shape index (κ1) is 30.2. The van der Waals surface area contributed by atoms with Crippen molar-refractivity contribution in [2.24, 2.45) is 17.3 Å². The topological polar surface area (TPSA) is 105 Å². The van der Waals surface area contributed by atoms with E-state index in [2.05, 4.69) is 50.4 Å². The van der Waals surface area contributed by atoms with Crippen LogP contribution in [0.4, 0.5) is 5.69 Å². The van der Waals surface area contributed by atoms with Crippen LogP contribution in [0, 0.1) is 17.3 Å². The fourth-order valence-electron chi connectivity index (χ4n) is 5.54. The molecule has 0 bridgehead atoms. The summed E-state index contributed by atoms with van der Waals surface area (Å²) in [7, 11) is 1.66. The Labute approximate surface area is 241 Å². The summed E-state index contributed by atoms with van der Waals surface area (Å²) in [6.07, 6.45) is 0.208. The summed E-state index contributed by atoms with van der Waals surface area (Å²) in [5.41, 5.74) is 2.87. The van der Waals surface area contributed by atoms with Gasteiger partial charge in [0.05, 0.1) is 18.7 Å². The molecule has 2 heterocycles. The maximum atomic E-state index is 13.0. The summed E-state index contributed by atoms with van der Waals surface area (Å²) in [4.78, 5) is 36.6. The molecule has 0 aromatic heterocycles. The number of amides is 1. The van der Waals surface area contributed by atoms with Crippen molar-refractivity contribution in [2.75, 3.05) is 38.3 Å². The first-order chi connectivity index (χ1) is 19.5. The van der Waals surface area contributed by atoms with E-state index >= 15 is 0 Å². The Balaban J connectivity index is 0.000000271. The highest BCUT2D eigenvalue weighted by Crippen LogP contribution is 2.41. The lowest BCUT2D eigenvalue weighted by molar-refractivity contribution is -0.147. The van der Waals surface area contributed by atoms with Crippen molar-refractivity contribution in [1.29, 1.82) is 0 Å². The van der Waals surface area contributed by atoms with Crippen LogP contribution in [-0.2, 0) is 19.1 Å². The van der Waals surface area contributed by atoms with Gasteiger partial charge in [0.15, 0.2) is 0 Å². The van der Waals surface area contributed by atoms with Gasteiger partial charge in [-0.2, -0.15) is 0 Å². The first-order valence-corrected chi connectivity index (χ1v) is 14.0. The van der Waals surface area contributed by atoms with Crippen molar-refractivity contribution in [3.05, 3.63) is 71.8 Å². The van der Waals surface area contributed by atoms with E-state index in [1.54, 1.807) is 7.11 Å². The van der Waals surface area contributed by atoms with Crippen LogP contribution < -0.4 is 15.0 Å². The fraction of sp³-hybridized carbons (Fsp3) is 0.424. The average Bonchev–Trinajstić information content (AvgIpc) is 3.08.